The molecule has 0 saturated heterocycles. The van der Waals surface area contributed by atoms with Crippen molar-refractivity contribution in [1.82, 2.24) is 20.2 Å². The van der Waals surface area contributed by atoms with Crippen LogP contribution in [0.3, 0.4) is 0 Å². The molecular formula is C18H15ClN6. The van der Waals surface area contributed by atoms with E-state index in [4.69, 9.17) is 11.6 Å². The molecule has 0 bridgehead atoms. The van der Waals surface area contributed by atoms with Gasteiger partial charge in [-0.2, -0.15) is 10.1 Å². The predicted molar refractivity (Wildman–Crippen MR) is 101 cm³/mol. The first-order valence-corrected chi connectivity index (χ1v) is 8.30. The molecule has 7 heteroatoms. The molecule has 2 N–H and O–H groups in total. The van der Waals surface area contributed by atoms with E-state index in [0.717, 1.165) is 28.4 Å². The molecule has 6 nitrogen and oxygen atoms in total. The lowest BCUT2D eigenvalue weighted by Gasteiger charge is -1.98. The minimum absolute atomic E-state index is 0.333. The minimum Gasteiger partial charge on any atom is -0.338 e. The molecule has 2 heterocycles. The average Bonchev–Trinajstić information content (AvgIpc) is 3.00. The van der Waals surface area contributed by atoms with E-state index >= 15 is 0 Å². The average molecular weight is 351 g/mol. The highest BCUT2D eigenvalue weighted by atomic mass is 35.5. The lowest BCUT2D eigenvalue weighted by atomic mass is 10.1. The van der Waals surface area contributed by atoms with Crippen molar-refractivity contribution in [3.8, 4) is 0 Å². The van der Waals surface area contributed by atoms with Crippen molar-refractivity contribution in [2.45, 2.75) is 13.3 Å². The van der Waals surface area contributed by atoms with Crippen LogP contribution < -0.4 is 5.43 Å². The third-order valence-electron chi connectivity index (χ3n) is 3.94. The van der Waals surface area contributed by atoms with E-state index < -0.39 is 0 Å². The van der Waals surface area contributed by atoms with E-state index in [9.17, 15) is 0 Å². The van der Waals surface area contributed by atoms with Crippen LogP contribution in [0.2, 0.25) is 5.02 Å². The Balaban J connectivity index is 1.60. The first-order valence-electron chi connectivity index (χ1n) is 7.92. The summed E-state index contributed by atoms with van der Waals surface area (Å²) in [5.41, 5.74) is 7.41. The second-order valence-corrected chi connectivity index (χ2v) is 6.05. The maximum atomic E-state index is 5.86. The molecule has 0 unspecified atom stereocenters. The molecule has 4 aromatic rings. The number of hydrazone groups is 1. The second kappa shape index (κ2) is 6.49. The van der Waals surface area contributed by atoms with Crippen molar-refractivity contribution in [2.75, 3.05) is 5.43 Å². The monoisotopic (exact) mass is 350 g/mol. The first kappa shape index (κ1) is 15.5. The van der Waals surface area contributed by atoms with Crippen molar-refractivity contribution in [2.24, 2.45) is 5.10 Å². The van der Waals surface area contributed by atoms with E-state index in [1.54, 1.807) is 6.21 Å². The molecule has 25 heavy (non-hydrogen) atoms. The summed E-state index contributed by atoms with van der Waals surface area (Å²) < 4.78 is 0. The molecule has 0 spiro atoms. The Morgan fingerprint density at radius 1 is 1.16 bits per heavy atom. The van der Waals surface area contributed by atoms with Gasteiger partial charge < -0.3 is 4.98 Å². The zero-order valence-corrected chi connectivity index (χ0v) is 14.2. The maximum absolute atomic E-state index is 5.86. The topological polar surface area (TPSA) is 78.9 Å². The van der Waals surface area contributed by atoms with E-state index in [1.165, 1.54) is 5.56 Å². The summed E-state index contributed by atoms with van der Waals surface area (Å²) in [6.45, 7) is 2.13. The molecule has 0 aliphatic heterocycles. The van der Waals surface area contributed by atoms with Gasteiger partial charge in [0.2, 0.25) is 0 Å². The number of rotatable bonds is 4. The third-order valence-corrected chi connectivity index (χ3v) is 4.19. The number of aromatic nitrogens is 4. The number of aromatic amines is 1. The number of anilines is 1. The molecular weight excluding hydrogens is 336 g/mol. The minimum atomic E-state index is 0.333. The van der Waals surface area contributed by atoms with Crippen LogP contribution in [0.15, 0.2) is 47.6 Å². The zero-order valence-electron chi connectivity index (χ0n) is 13.5. The number of nitrogens with one attached hydrogen (secondary N) is 2. The number of nitrogens with zero attached hydrogens (tertiary/aromatic N) is 4. The molecule has 0 fully saturated rings. The number of benzene rings is 2. The molecule has 2 aromatic heterocycles. The van der Waals surface area contributed by atoms with Crippen LogP contribution in [0.25, 0.3) is 22.1 Å². The summed E-state index contributed by atoms with van der Waals surface area (Å²) in [5, 5.41) is 14.2. The van der Waals surface area contributed by atoms with Gasteiger partial charge in [0.15, 0.2) is 5.65 Å². The molecule has 0 aliphatic rings. The summed E-state index contributed by atoms with van der Waals surface area (Å²) in [4.78, 5) is 7.70. The van der Waals surface area contributed by atoms with E-state index in [2.05, 4.69) is 49.7 Å². The molecule has 4 rings (SSSR count). The fourth-order valence-electron chi connectivity index (χ4n) is 2.60. The normalized spacial score (nSPS) is 11.6. The fourth-order valence-corrected chi connectivity index (χ4v) is 2.73. The van der Waals surface area contributed by atoms with Gasteiger partial charge in [-0.25, -0.2) is 5.43 Å². The Hall–Kier alpha value is -2.99. The van der Waals surface area contributed by atoms with Gasteiger partial charge in [-0.1, -0.05) is 36.7 Å². The van der Waals surface area contributed by atoms with Gasteiger partial charge in [0, 0.05) is 15.9 Å². The maximum Gasteiger partial charge on any atom is 0.265 e. The Kier molecular flexibility index (Phi) is 4.03. The van der Waals surface area contributed by atoms with Crippen LogP contribution in [-0.4, -0.2) is 26.4 Å². The van der Waals surface area contributed by atoms with E-state index in [-0.39, 0.29) is 0 Å². The summed E-state index contributed by atoms with van der Waals surface area (Å²) in [5.74, 6) is 0.333. The second-order valence-electron chi connectivity index (χ2n) is 5.61. The number of hydrogen-bond acceptors (Lipinski definition) is 5. The lowest BCUT2D eigenvalue weighted by molar-refractivity contribution is 1.01. The largest absolute Gasteiger partial charge is 0.338 e. The highest BCUT2D eigenvalue weighted by molar-refractivity contribution is 6.30. The molecule has 124 valence electrons. The number of fused-ring (bicyclic) bond motifs is 3. The highest BCUT2D eigenvalue weighted by Gasteiger charge is 2.09. The van der Waals surface area contributed by atoms with E-state index in [1.807, 2.05) is 30.3 Å². The molecule has 2 aromatic carbocycles. The van der Waals surface area contributed by atoms with Crippen molar-refractivity contribution in [3.05, 3.63) is 58.6 Å². The number of aryl methyl sites for hydroxylation is 1. The molecule has 0 aliphatic carbocycles. The van der Waals surface area contributed by atoms with Gasteiger partial charge in [-0.15, -0.1) is 10.2 Å². The predicted octanol–water partition coefficient (Wildman–Crippen LogP) is 4.17. The van der Waals surface area contributed by atoms with Crippen LogP contribution in [0.5, 0.6) is 0 Å². The van der Waals surface area contributed by atoms with Gasteiger partial charge in [0.1, 0.15) is 5.52 Å². The van der Waals surface area contributed by atoms with Crippen molar-refractivity contribution in [1.29, 1.82) is 0 Å². The van der Waals surface area contributed by atoms with Crippen LogP contribution >= 0.6 is 11.6 Å². The molecule has 0 atom stereocenters. The molecule has 0 amide bonds. The Bertz CT molecular complexity index is 1070. The highest BCUT2D eigenvalue weighted by Crippen LogP contribution is 2.23. The van der Waals surface area contributed by atoms with Gasteiger partial charge in [0.05, 0.1) is 6.21 Å². The Labute approximate surface area is 149 Å². The third kappa shape index (κ3) is 3.16. The van der Waals surface area contributed by atoms with Gasteiger partial charge in [0.25, 0.3) is 5.95 Å². The van der Waals surface area contributed by atoms with Gasteiger partial charge in [-0.05, 0) is 41.8 Å². The van der Waals surface area contributed by atoms with Crippen LogP contribution in [-0.2, 0) is 6.42 Å². The van der Waals surface area contributed by atoms with Crippen LogP contribution in [0, 0.1) is 0 Å². The quantitative estimate of drug-likeness (QED) is 0.427. The number of hydrogen-bond donors (Lipinski definition) is 2. The van der Waals surface area contributed by atoms with Gasteiger partial charge >= 0.3 is 0 Å². The van der Waals surface area contributed by atoms with Gasteiger partial charge in [-0.3, -0.25) is 0 Å². The SMILES string of the molecule is CCc1ccc2[nH]c3nc(N/N=C/c4ccc(Cl)cc4)nnc3c2c1. The smallest absolute Gasteiger partial charge is 0.265 e. The van der Waals surface area contributed by atoms with Crippen molar-refractivity contribution in [3.63, 3.8) is 0 Å². The summed E-state index contributed by atoms with van der Waals surface area (Å²) in [7, 11) is 0. The van der Waals surface area contributed by atoms with Crippen molar-refractivity contribution < 1.29 is 0 Å². The standard InChI is InChI=1S/C18H15ClN6/c1-2-11-5-8-15-14(9-11)16-17(21-15)22-18(25-23-16)24-20-10-12-3-6-13(19)7-4-12/h3-10H,2H2,1H3,(H2,21,22,24,25)/b20-10+. The Morgan fingerprint density at radius 2 is 2.00 bits per heavy atom. The Morgan fingerprint density at radius 3 is 2.80 bits per heavy atom. The van der Waals surface area contributed by atoms with Crippen LogP contribution in [0.1, 0.15) is 18.1 Å². The zero-order chi connectivity index (χ0) is 17.2. The molecule has 0 radical (unpaired) electrons. The lowest BCUT2D eigenvalue weighted by Crippen LogP contribution is -1.98. The molecule has 0 saturated carbocycles. The summed E-state index contributed by atoms with van der Waals surface area (Å²) in [6, 6.07) is 13.6. The number of halogens is 1. The van der Waals surface area contributed by atoms with Crippen molar-refractivity contribution >= 4 is 45.8 Å². The summed E-state index contributed by atoms with van der Waals surface area (Å²) >= 11 is 5.86. The van der Waals surface area contributed by atoms with E-state index in [0.29, 0.717) is 16.6 Å². The fraction of sp³-hybridized carbons (Fsp3) is 0.111. The summed E-state index contributed by atoms with van der Waals surface area (Å²) in [6.07, 6.45) is 2.64. The number of H-pyrrole nitrogens is 1. The first-order chi connectivity index (χ1) is 12.2. The van der Waals surface area contributed by atoms with Crippen LogP contribution in [0.4, 0.5) is 5.95 Å².